The van der Waals surface area contributed by atoms with E-state index in [0.29, 0.717) is 0 Å². The van der Waals surface area contributed by atoms with Gasteiger partial charge in [0.05, 0.1) is 6.61 Å². The number of rotatable bonds is 6. The molecule has 0 aromatic rings. The van der Waals surface area contributed by atoms with Crippen LogP contribution in [0.25, 0.3) is 0 Å². The highest BCUT2D eigenvalue weighted by Crippen LogP contribution is 2.25. The topological polar surface area (TPSA) is 35.2 Å². The number of hydrogen-bond acceptors (Lipinski definition) is 2. The summed E-state index contributed by atoms with van der Waals surface area (Å²) in [6.07, 6.45) is 9.96. The van der Waals surface area contributed by atoms with Gasteiger partial charge in [-0.3, -0.25) is 0 Å². The van der Waals surface area contributed by atoms with Crippen molar-refractivity contribution in [3.63, 3.8) is 0 Å². The summed E-state index contributed by atoms with van der Waals surface area (Å²) >= 11 is 0. The zero-order valence-corrected chi connectivity index (χ0v) is 9.56. The fraction of sp³-hybridized carbons (Fsp3) is 1.00. The normalized spacial score (nSPS) is 21.0. The summed E-state index contributed by atoms with van der Waals surface area (Å²) in [5, 5.41) is 0. The van der Waals surface area contributed by atoms with Gasteiger partial charge in [0.2, 0.25) is 0 Å². The molecule has 0 atom stereocenters. The lowest BCUT2D eigenvalue weighted by atomic mass is 9.83. The van der Waals surface area contributed by atoms with Gasteiger partial charge in [-0.1, -0.05) is 39.0 Å². The zero-order chi connectivity index (χ0) is 10.3. The van der Waals surface area contributed by atoms with Gasteiger partial charge in [-0.05, 0) is 19.3 Å². The van der Waals surface area contributed by atoms with E-state index in [9.17, 15) is 0 Å². The fourth-order valence-electron chi connectivity index (χ4n) is 2.13. The molecule has 0 radical (unpaired) electrons. The van der Waals surface area contributed by atoms with Crippen molar-refractivity contribution in [2.24, 2.45) is 5.73 Å². The van der Waals surface area contributed by atoms with E-state index < -0.39 is 0 Å². The van der Waals surface area contributed by atoms with Crippen molar-refractivity contribution in [3.8, 4) is 0 Å². The molecule has 2 N–H and O–H groups in total. The molecule has 0 amide bonds. The van der Waals surface area contributed by atoms with E-state index in [1.807, 2.05) is 0 Å². The summed E-state index contributed by atoms with van der Waals surface area (Å²) in [5.41, 5.74) is 6.25. The molecule has 14 heavy (non-hydrogen) atoms. The Hall–Kier alpha value is -0.0800. The minimum Gasteiger partial charge on any atom is -0.380 e. The molecule has 2 nitrogen and oxygen atoms in total. The van der Waals surface area contributed by atoms with Crippen molar-refractivity contribution < 1.29 is 4.74 Å². The largest absolute Gasteiger partial charge is 0.380 e. The van der Waals surface area contributed by atoms with Crippen molar-refractivity contribution in [2.45, 2.75) is 63.8 Å². The number of unbranched alkanes of at least 4 members (excludes halogenated alkanes) is 2. The molecule has 1 aliphatic rings. The molecule has 1 saturated carbocycles. The molecule has 0 spiro atoms. The Bertz CT molecular complexity index is 141. The Labute approximate surface area is 88.2 Å². The summed E-state index contributed by atoms with van der Waals surface area (Å²) < 4.78 is 5.65. The molecule has 0 heterocycles. The summed E-state index contributed by atoms with van der Waals surface area (Å²) in [4.78, 5) is 0. The maximum absolute atomic E-state index is 6.25. The minimum absolute atomic E-state index is 0.00443. The van der Waals surface area contributed by atoms with Gasteiger partial charge in [-0.2, -0.15) is 0 Å². The quantitative estimate of drug-likeness (QED) is 0.668. The van der Waals surface area contributed by atoms with E-state index in [1.54, 1.807) is 0 Å². The van der Waals surface area contributed by atoms with Crippen LogP contribution in [0.2, 0.25) is 0 Å². The van der Waals surface area contributed by atoms with Gasteiger partial charge in [0, 0.05) is 12.1 Å². The molecule has 1 rings (SSSR count). The lowest BCUT2D eigenvalue weighted by molar-refractivity contribution is 0.0657. The second kappa shape index (κ2) is 6.41. The maximum Gasteiger partial charge on any atom is 0.0646 e. The summed E-state index contributed by atoms with van der Waals surface area (Å²) in [6.45, 7) is 3.88. The predicted molar refractivity (Wildman–Crippen MR) is 60.3 cm³/mol. The highest BCUT2D eigenvalue weighted by atomic mass is 16.5. The van der Waals surface area contributed by atoms with Crippen molar-refractivity contribution in [1.82, 2.24) is 0 Å². The molecule has 2 heteroatoms. The highest BCUT2D eigenvalue weighted by Gasteiger charge is 2.27. The van der Waals surface area contributed by atoms with Gasteiger partial charge in [-0.25, -0.2) is 0 Å². The molecule has 0 aromatic heterocycles. The van der Waals surface area contributed by atoms with Gasteiger partial charge in [0.25, 0.3) is 0 Å². The van der Waals surface area contributed by atoms with Crippen LogP contribution in [0.15, 0.2) is 0 Å². The highest BCUT2D eigenvalue weighted by molar-refractivity contribution is 4.86. The van der Waals surface area contributed by atoms with Crippen LogP contribution in [0.5, 0.6) is 0 Å². The lowest BCUT2D eigenvalue weighted by Gasteiger charge is -2.33. The minimum atomic E-state index is 0.00443. The van der Waals surface area contributed by atoms with Gasteiger partial charge >= 0.3 is 0 Å². The first-order valence-electron chi connectivity index (χ1n) is 6.13. The second-order valence-corrected chi connectivity index (χ2v) is 4.68. The molecule has 0 aromatic carbocycles. The molecule has 0 saturated heterocycles. The van der Waals surface area contributed by atoms with Crippen LogP contribution in [0.4, 0.5) is 0 Å². The maximum atomic E-state index is 6.25. The molecule has 0 unspecified atom stereocenters. The standard InChI is InChI=1S/C12H25NO/c1-2-3-7-10-14-11-12(13)8-5-4-6-9-12/h2-11,13H2,1H3. The van der Waals surface area contributed by atoms with Crippen LogP contribution in [0.1, 0.15) is 58.3 Å². The molecule has 1 fully saturated rings. The van der Waals surface area contributed by atoms with E-state index in [1.165, 1.54) is 38.5 Å². The Morgan fingerprint density at radius 1 is 1.14 bits per heavy atom. The van der Waals surface area contributed by atoms with Gasteiger partial charge in [0.15, 0.2) is 0 Å². The average molecular weight is 199 g/mol. The van der Waals surface area contributed by atoms with Crippen molar-refractivity contribution in [3.05, 3.63) is 0 Å². The van der Waals surface area contributed by atoms with Crippen LogP contribution in [-0.4, -0.2) is 18.8 Å². The predicted octanol–water partition coefficient (Wildman–Crippen LogP) is 2.85. The second-order valence-electron chi connectivity index (χ2n) is 4.68. The molecule has 84 valence electrons. The van der Waals surface area contributed by atoms with Crippen LogP contribution in [-0.2, 0) is 4.74 Å². The Kier molecular flexibility index (Phi) is 5.49. The van der Waals surface area contributed by atoms with Crippen molar-refractivity contribution >= 4 is 0 Å². The monoisotopic (exact) mass is 199 g/mol. The lowest BCUT2D eigenvalue weighted by Crippen LogP contribution is -2.46. The number of hydrogen-bond donors (Lipinski definition) is 1. The smallest absolute Gasteiger partial charge is 0.0646 e. The molecular formula is C12H25NO. The third kappa shape index (κ3) is 4.43. The van der Waals surface area contributed by atoms with Gasteiger partial charge < -0.3 is 10.5 Å². The molecule has 1 aliphatic carbocycles. The third-order valence-corrected chi connectivity index (χ3v) is 3.13. The average Bonchev–Trinajstić information content (AvgIpc) is 2.18. The van der Waals surface area contributed by atoms with E-state index in [2.05, 4.69) is 6.92 Å². The van der Waals surface area contributed by atoms with E-state index in [-0.39, 0.29) is 5.54 Å². The summed E-state index contributed by atoms with van der Waals surface area (Å²) in [7, 11) is 0. The van der Waals surface area contributed by atoms with Crippen LogP contribution in [0.3, 0.4) is 0 Å². The van der Waals surface area contributed by atoms with Crippen LogP contribution < -0.4 is 5.73 Å². The van der Waals surface area contributed by atoms with Crippen molar-refractivity contribution in [2.75, 3.05) is 13.2 Å². The number of nitrogens with two attached hydrogens (primary N) is 1. The molecule has 0 bridgehead atoms. The summed E-state index contributed by atoms with van der Waals surface area (Å²) in [5.74, 6) is 0. The number of ether oxygens (including phenoxy) is 1. The Morgan fingerprint density at radius 2 is 1.86 bits per heavy atom. The third-order valence-electron chi connectivity index (χ3n) is 3.13. The fourth-order valence-corrected chi connectivity index (χ4v) is 2.13. The molecule has 0 aliphatic heterocycles. The first kappa shape index (κ1) is 12.0. The Morgan fingerprint density at radius 3 is 2.50 bits per heavy atom. The van der Waals surface area contributed by atoms with E-state index in [0.717, 1.165) is 26.1 Å². The van der Waals surface area contributed by atoms with E-state index >= 15 is 0 Å². The SMILES string of the molecule is CCCCCOCC1(N)CCCCC1. The first-order chi connectivity index (χ1) is 6.77. The Balaban J connectivity index is 2.03. The van der Waals surface area contributed by atoms with Crippen molar-refractivity contribution in [1.29, 1.82) is 0 Å². The van der Waals surface area contributed by atoms with E-state index in [4.69, 9.17) is 10.5 Å². The van der Waals surface area contributed by atoms with Crippen LogP contribution >= 0.6 is 0 Å². The van der Waals surface area contributed by atoms with Gasteiger partial charge in [0.1, 0.15) is 0 Å². The van der Waals surface area contributed by atoms with Crippen LogP contribution in [0, 0.1) is 0 Å². The molecular weight excluding hydrogens is 174 g/mol. The van der Waals surface area contributed by atoms with Gasteiger partial charge in [-0.15, -0.1) is 0 Å². The zero-order valence-electron chi connectivity index (χ0n) is 9.56. The summed E-state index contributed by atoms with van der Waals surface area (Å²) in [6, 6.07) is 0. The first-order valence-corrected chi connectivity index (χ1v) is 6.13.